The van der Waals surface area contributed by atoms with Gasteiger partial charge in [-0.15, -0.1) is 0 Å². The molecule has 0 aromatic heterocycles. The highest BCUT2D eigenvalue weighted by Crippen LogP contribution is 2.27. The quantitative estimate of drug-likeness (QED) is 0.341. The van der Waals surface area contributed by atoms with Gasteiger partial charge in [-0.05, 0) is 24.5 Å². The van der Waals surface area contributed by atoms with Crippen LogP contribution >= 0.6 is 0 Å². The highest BCUT2D eigenvalue weighted by molar-refractivity contribution is 5.69. The number of carbonyl (C=O) groups excluding carboxylic acids is 1. The second kappa shape index (κ2) is 4.74. The summed E-state index contributed by atoms with van der Waals surface area (Å²) in [5.41, 5.74) is 0.551. The number of nitro groups is 1. The van der Waals surface area contributed by atoms with E-state index in [1.807, 2.05) is 0 Å². The lowest BCUT2D eigenvalue weighted by Crippen LogP contribution is -2.03. The van der Waals surface area contributed by atoms with E-state index >= 15 is 0 Å². The molecule has 0 N–H and O–H groups in total. The minimum absolute atomic E-state index is 0.107. The standard InChI is InChI=1S/C11H12NO4/c1-7(2)9-4-10(12(14)15)6-11(5-9)16-8(3)13/h4-7H,1H2,2-3H3. The van der Waals surface area contributed by atoms with Gasteiger partial charge in [0.2, 0.25) is 0 Å². The molecular formula is C11H12NO4. The molecule has 0 aliphatic rings. The average Bonchev–Trinajstić information content (AvgIpc) is 2.15. The van der Waals surface area contributed by atoms with Gasteiger partial charge in [0.25, 0.3) is 5.69 Å². The van der Waals surface area contributed by atoms with E-state index in [1.54, 1.807) is 13.0 Å². The van der Waals surface area contributed by atoms with Gasteiger partial charge in [-0.25, -0.2) is 0 Å². The predicted octanol–water partition coefficient (Wildman–Crippen LogP) is 2.46. The van der Waals surface area contributed by atoms with Gasteiger partial charge >= 0.3 is 5.97 Å². The van der Waals surface area contributed by atoms with E-state index in [1.165, 1.54) is 19.1 Å². The van der Waals surface area contributed by atoms with Crippen LogP contribution in [0.15, 0.2) is 18.2 Å². The minimum Gasteiger partial charge on any atom is -0.426 e. The molecule has 0 aliphatic heterocycles. The molecule has 0 spiro atoms. The van der Waals surface area contributed by atoms with Gasteiger partial charge in [0, 0.05) is 13.0 Å². The molecule has 5 heteroatoms. The van der Waals surface area contributed by atoms with Crippen LogP contribution in [0.25, 0.3) is 0 Å². The number of ether oxygens (including phenoxy) is 1. The lowest BCUT2D eigenvalue weighted by molar-refractivity contribution is -0.385. The van der Waals surface area contributed by atoms with Crippen molar-refractivity contribution < 1.29 is 14.5 Å². The molecule has 0 amide bonds. The molecule has 0 saturated heterocycles. The molecule has 0 fully saturated rings. The van der Waals surface area contributed by atoms with Gasteiger partial charge in [0.1, 0.15) is 5.75 Å². The molecule has 16 heavy (non-hydrogen) atoms. The van der Waals surface area contributed by atoms with Crippen LogP contribution in [0.4, 0.5) is 5.69 Å². The van der Waals surface area contributed by atoms with Crippen molar-refractivity contribution in [1.82, 2.24) is 0 Å². The topological polar surface area (TPSA) is 69.4 Å². The summed E-state index contributed by atoms with van der Waals surface area (Å²) in [5, 5.41) is 10.7. The van der Waals surface area contributed by atoms with E-state index in [0.29, 0.717) is 5.56 Å². The first-order valence-electron chi connectivity index (χ1n) is 4.71. The van der Waals surface area contributed by atoms with Crippen LogP contribution in [-0.2, 0) is 4.79 Å². The van der Waals surface area contributed by atoms with Crippen molar-refractivity contribution in [3.8, 4) is 5.75 Å². The molecular weight excluding hydrogens is 210 g/mol. The maximum atomic E-state index is 10.8. The fraction of sp³-hybridized carbons (Fsp3) is 0.273. The molecule has 1 aromatic rings. The average molecular weight is 222 g/mol. The summed E-state index contributed by atoms with van der Waals surface area (Å²) >= 11 is 0. The summed E-state index contributed by atoms with van der Waals surface area (Å²) in [6, 6.07) is 4.21. The number of hydrogen-bond donors (Lipinski definition) is 0. The van der Waals surface area contributed by atoms with Crippen molar-refractivity contribution in [2.75, 3.05) is 0 Å². The van der Waals surface area contributed by atoms with E-state index in [0.717, 1.165) is 0 Å². The molecule has 1 atom stereocenters. The van der Waals surface area contributed by atoms with Crippen LogP contribution in [0.3, 0.4) is 0 Å². The Bertz CT molecular complexity index is 426. The van der Waals surface area contributed by atoms with Gasteiger partial charge < -0.3 is 4.74 Å². The lowest BCUT2D eigenvalue weighted by Gasteiger charge is -2.07. The van der Waals surface area contributed by atoms with Crippen LogP contribution in [0.2, 0.25) is 0 Å². The Morgan fingerprint density at radius 2 is 2.12 bits per heavy atom. The van der Waals surface area contributed by atoms with Gasteiger partial charge in [0.05, 0.1) is 11.0 Å². The maximum absolute atomic E-state index is 10.8. The fourth-order valence-corrected chi connectivity index (χ4v) is 1.22. The fourth-order valence-electron chi connectivity index (χ4n) is 1.22. The first kappa shape index (κ1) is 12.2. The van der Waals surface area contributed by atoms with Crippen molar-refractivity contribution in [2.45, 2.75) is 19.8 Å². The molecule has 0 heterocycles. The second-order valence-corrected chi connectivity index (χ2v) is 3.51. The number of carbonyl (C=O) groups is 1. The zero-order valence-corrected chi connectivity index (χ0v) is 9.10. The van der Waals surface area contributed by atoms with Crippen LogP contribution in [-0.4, -0.2) is 10.9 Å². The van der Waals surface area contributed by atoms with E-state index in [9.17, 15) is 14.9 Å². The molecule has 0 aliphatic carbocycles. The van der Waals surface area contributed by atoms with Gasteiger partial charge in [-0.1, -0.05) is 6.92 Å². The maximum Gasteiger partial charge on any atom is 0.308 e. The lowest BCUT2D eigenvalue weighted by atomic mass is 10.0. The summed E-state index contributed by atoms with van der Waals surface area (Å²) < 4.78 is 4.82. The van der Waals surface area contributed by atoms with Gasteiger partial charge in [0.15, 0.2) is 0 Å². The third-order valence-electron chi connectivity index (χ3n) is 1.96. The van der Waals surface area contributed by atoms with Crippen molar-refractivity contribution in [2.24, 2.45) is 0 Å². The summed E-state index contributed by atoms with van der Waals surface area (Å²) in [4.78, 5) is 20.9. The van der Waals surface area contributed by atoms with E-state index in [4.69, 9.17) is 4.74 Å². The number of hydrogen-bond acceptors (Lipinski definition) is 4. The minimum atomic E-state index is -0.529. The Kier molecular flexibility index (Phi) is 3.60. The molecule has 1 unspecified atom stereocenters. The first-order valence-corrected chi connectivity index (χ1v) is 4.71. The number of esters is 1. The van der Waals surface area contributed by atoms with Crippen molar-refractivity contribution in [3.05, 3.63) is 40.8 Å². The highest BCUT2D eigenvalue weighted by Gasteiger charge is 2.13. The zero-order valence-electron chi connectivity index (χ0n) is 9.10. The van der Waals surface area contributed by atoms with Gasteiger partial charge in [-0.3, -0.25) is 14.9 Å². The molecule has 1 rings (SSSR count). The molecule has 85 valence electrons. The Morgan fingerprint density at radius 1 is 1.50 bits per heavy atom. The van der Waals surface area contributed by atoms with Crippen LogP contribution in [0.1, 0.15) is 25.3 Å². The third-order valence-corrected chi connectivity index (χ3v) is 1.96. The predicted molar refractivity (Wildman–Crippen MR) is 58.2 cm³/mol. The highest BCUT2D eigenvalue weighted by atomic mass is 16.6. The largest absolute Gasteiger partial charge is 0.426 e. The van der Waals surface area contributed by atoms with Crippen LogP contribution in [0, 0.1) is 17.0 Å². The van der Waals surface area contributed by atoms with Crippen molar-refractivity contribution in [1.29, 1.82) is 0 Å². The smallest absolute Gasteiger partial charge is 0.308 e. The van der Waals surface area contributed by atoms with E-state index in [-0.39, 0.29) is 17.4 Å². The summed E-state index contributed by atoms with van der Waals surface area (Å²) in [6.45, 7) is 6.81. The molecule has 0 bridgehead atoms. The summed E-state index contributed by atoms with van der Waals surface area (Å²) in [6.07, 6.45) is 0. The Hall–Kier alpha value is -1.91. The molecule has 0 saturated carbocycles. The molecule has 5 nitrogen and oxygen atoms in total. The van der Waals surface area contributed by atoms with Crippen LogP contribution < -0.4 is 4.74 Å². The number of non-ortho nitro benzene ring substituents is 1. The third kappa shape index (κ3) is 3.05. The first-order chi connectivity index (χ1) is 7.40. The van der Waals surface area contributed by atoms with Gasteiger partial charge in [-0.2, -0.15) is 0 Å². The normalized spacial score (nSPS) is 10.2. The van der Waals surface area contributed by atoms with E-state index in [2.05, 4.69) is 6.92 Å². The summed E-state index contributed by atoms with van der Waals surface area (Å²) in [7, 11) is 0. The number of nitrogens with zero attached hydrogens (tertiary/aromatic N) is 1. The van der Waals surface area contributed by atoms with Crippen molar-refractivity contribution >= 4 is 11.7 Å². The number of benzene rings is 1. The Balaban J connectivity index is 3.18. The monoisotopic (exact) mass is 222 g/mol. The summed E-state index contributed by atoms with van der Waals surface area (Å²) in [5.74, 6) is -0.454. The Morgan fingerprint density at radius 3 is 2.56 bits per heavy atom. The SMILES string of the molecule is [CH2]C(C)c1cc(OC(C)=O)cc([N+](=O)[O-])c1. The van der Waals surface area contributed by atoms with Crippen molar-refractivity contribution in [3.63, 3.8) is 0 Å². The second-order valence-electron chi connectivity index (χ2n) is 3.51. The Labute approximate surface area is 93.2 Å². The molecule has 1 radical (unpaired) electrons. The van der Waals surface area contributed by atoms with Crippen LogP contribution in [0.5, 0.6) is 5.75 Å². The number of rotatable bonds is 3. The number of nitro benzene ring substituents is 1. The molecule has 1 aromatic carbocycles. The zero-order chi connectivity index (χ0) is 12.3. The van der Waals surface area contributed by atoms with E-state index < -0.39 is 10.9 Å².